The van der Waals surface area contributed by atoms with Crippen LogP contribution in [0.1, 0.15) is 20.8 Å². The van der Waals surface area contributed by atoms with Crippen molar-refractivity contribution < 1.29 is 14.3 Å². The van der Waals surface area contributed by atoms with Crippen LogP contribution in [0.5, 0.6) is 0 Å². The fraction of sp³-hybridized carbons (Fsp3) is 0.286. The van der Waals surface area contributed by atoms with Crippen LogP contribution in [0.4, 0.5) is 10.5 Å². The van der Waals surface area contributed by atoms with E-state index in [0.717, 1.165) is 0 Å². The Morgan fingerprint density at radius 3 is 2.68 bits per heavy atom. The Bertz CT molecular complexity index is 674. The van der Waals surface area contributed by atoms with Gasteiger partial charge in [0.2, 0.25) is 6.08 Å². The Hall–Kier alpha value is -2.39. The van der Waals surface area contributed by atoms with Crippen LogP contribution in [0.25, 0.3) is 10.9 Å². The third-order valence-corrected chi connectivity index (χ3v) is 2.47. The maximum atomic E-state index is 12.0. The maximum Gasteiger partial charge on any atom is 0.418 e. The number of fused-ring (bicyclic) bond motifs is 1. The van der Waals surface area contributed by atoms with E-state index in [9.17, 15) is 9.59 Å². The molecule has 2 rings (SSSR count). The van der Waals surface area contributed by atoms with Crippen molar-refractivity contribution >= 4 is 28.8 Å². The van der Waals surface area contributed by atoms with E-state index in [-0.39, 0.29) is 0 Å². The standard InChI is InChI=1S/C14H14N2O3/c1-14(2,3)19-13(18)16-8-7-10-11(15-9-17)5-4-6-12(10)16/h4-8H,1-3H3. The van der Waals surface area contributed by atoms with Crippen LogP contribution in [0.2, 0.25) is 0 Å². The molecule has 0 N–H and O–H groups in total. The van der Waals surface area contributed by atoms with Crippen molar-refractivity contribution in [3.05, 3.63) is 30.5 Å². The number of aromatic nitrogens is 1. The van der Waals surface area contributed by atoms with Crippen LogP contribution in [0.15, 0.2) is 35.5 Å². The molecule has 98 valence electrons. The second kappa shape index (κ2) is 4.71. The lowest BCUT2D eigenvalue weighted by molar-refractivity contribution is 0.0544. The minimum atomic E-state index is -0.563. The van der Waals surface area contributed by atoms with Crippen LogP contribution < -0.4 is 0 Å². The number of rotatable bonds is 1. The second-order valence-corrected chi connectivity index (χ2v) is 5.08. The quantitative estimate of drug-likeness (QED) is 0.581. The topological polar surface area (TPSA) is 60.7 Å². The lowest BCUT2D eigenvalue weighted by atomic mass is 10.2. The van der Waals surface area contributed by atoms with Gasteiger partial charge in [0.15, 0.2) is 0 Å². The van der Waals surface area contributed by atoms with E-state index in [1.54, 1.807) is 51.2 Å². The number of aliphatic imine (C=N–C) groups is 1. The smallest absolute Gasteiger partial charge is 0.418 e. The number of nitrogens with zero attached hydrogens (tertiary/aromatic N) is 2. The summed E-state index contributed by atoms with van der Waals surface area (Å²) in [6.07, 6.45) is 2.64. The molecule has 5 nitrogen and oxygen atoms in total. The van der Waals surface area contributed by atoms with Gasteiger partial charge in [-0.3, -0.25) is 4.57 Å². The summed E-state index contributed by atoms with van der Waals surface area (Å²) >= 11 is 0. The Kier molecular flexibility index (Phi) is 3.23. The van der Waals surface area contributed by atoms with Gasteiger partial charge in [-0.15, -0.1) is 0 Å². The largest absolute Gasteiger partial charge is 0.443 e. The first kappa shape index (κ1) is 13.1. The fourth-order valence-electron chi connectivity index (χ4n) is 1.77. The first-order valence-electron chi connectivity index (χ1n) is 5.84. The van der Waals surface area contributed by atoms with Crippen molar-refractivity contribution in [1.82, 2.24) is 4.57 Å². The van der Waals surface area contributed by atoms with Crippen LogP contribution in [-0.2, 0) is 9.53 Å². The Morgan fingerprint density at radius 1 is 1.32 bits per heavy atom. The summed E-state index contributed by atoms with van der Waals surface area (Å²) in [6.45, 7) is 5.41. The molecule has 0 unspecified atom stereocenters. The molecule has 2 aromatic rings. The number of hydrogen-bond donors (Lipinski definition) is 0. The molecule has 19 heavy (non-hydrogen) atoms. The van der Waals surface area contributed by atoms with E-state index in [1.807, 2.05) is 0 Å². The molecule has 0 radical (unpaired) electrons. The van der Waals surface area contributed by atoms with Crippen molar-refractivity contribution in [2.24, 2.45) is 4.99 Å². The number of benzene rings is 1. The molecule has 0 aliphatic heterocycles. The third kappa shape index (κ3) is 2.72. The van der Waals surface area contributed by atoms with Gasteiger partial charge in [0, 0.05) is 11.6 Å². The number of ether oxygens (including phenoxy) is 1. The predicted molar refractivity (Wildman–Crippen MR) is 71.4 cm³/mol. The van der Waals surface area contributed by atoms with Gasteiger partial charge in [-0.1, -0.05) is 6.07 Å². The van der Waals surface area contributed by atoms with E-state index >= 15 is 0 Å². The maximum absolute atomic E-state index is 12.0. The van der Waals surface area contributed by atoms with Gasteiger partial charge in [-0.25, -0.2) is 9.59 Å². The zero-order chi connectivity index (χ0) is 14.0. The summed E-state index contributed by atoms with van der Waals surface area (Å²) in [4.78, 5) is 26.0. The summed E-state index contributed by atoms with van der Waals surface area (Å²) in [7, 11) is 0. The molecule has 0 spiro atoms. The highest BCUT2D eigenvalue weighted by atomic mass is 16.6. The number of hydrogen-bond acceptors (Lipinski definition) is 4. The van der Waals surface area contributed by atoms with Crippen LogP contribution in [-0.4, -0.2) is 22.3 Å². The summed E-state index contributed by atoms with van der Waals surface area (Å²) < 4.78 is 6.70. The zero-order valence-electron chi connectivity index (χ0n) is 11.0. The lowest BCUT2D eigenvalue weighted by Gasteiger charge is -2.19. The molecule has 0 amide bonds. The van der Waals surface area contributed by atoms with E-state index in [1.165, 1.54) is 10.6 Å². The van der Waals surface area contributed by atoms with Gasteiger partial charge in [-0.05, 0) is 39.0 Å². The zero-order valence-corrected chi connectivity index (χ0v) is 11.0. The average molecular weight is 258 g/mol. The molecule has 0 saturated heterocycles. The average Bonchev–Trinajstić information content (AvgIpc) is 2.72. The van der Waals surface area contributed by atoms with Gasteiger partial charge in [0.1, 0.15) is 5.60 Å². The second-order valence-electron chi connectivity index (χ2n) is 5.08. The SMILES string of the molecule is CC(C)(C)OC(=O)n1ccc2c(N=C=O)cccc21. The molecule has 5 heteroatoms. The molecule has 0 bridgehead atoms. The fourth-order valence-corrected chi connectivity index (χ4v) is 1.77. The number of carbonyl (C=O) groups is 1. The summed E-state index contributed by atoms with van der Waals surface area (Å²) in [5, 5.41) is 0.705. The van der Waals surface area contributed by atoms with E-state index in [4.69, 9.17) is 4.74 Å². The number of isocyanates is 1. The van der Waals surface area contributed by atoms with E-state index < -0.39 is 11.7 Å². The highest BCUT2D eigenvalue weighted by Gasteiger charge is 2.19. The van der Waals surface area contributed by atoms with Crippen LogP contribution in [0.3, 0.4) is 0 Å². The molecular formula is C14H14N2O3. The van der Waals surface area contributed by atoms with Crippen molar-refractivity contribution in [1.29, 1.82) is 0 Å². The first-order chi connectivity index (χ1) is 8.92. The minimum Gasteiger partial charge on any atom is -0.443 e. The molecule has 0 atom stereocenters. The van der Waals surface area contributed by atoms with Gasteiger partial charge < -0.3 is 4.74 Å². The van der Waals surface area contributed by atoms with Gasteiger partial charge >= 0.3 is 6.09 Å². The van der Waals surface area contributed by atoms with Crippen molar-refractivity contribution in [2.45, 2.75) is 26.4 Å². The van der Waals surface area contributed by atoms with Crippen LogP contribution in [0, 0.1) is 0 Å². The van der Waals surface area contributed by atoms with E-state index in [2.05, 4.69) is 4.99 Å². The molecule has 1 aromatic carbocycles. The number of carbonyl (C=O) groups excluding carboxylic acids is 2. The van der Waals surface area contributed by atoms with Crippen molar-refractivity contribution in [3.63, 3.8) is 0 Å². The van der Waals surface area contributed by atoms with Gasteiger partial charge in [0.05, 0.1) is 11.2 Å². The van der Waals surface area contributed by atoms with Gasteiger partial charge in [-0.2, -0.15) is 4.99 Å². The van der Waals surface area contributed by atoms with Crippen molar-refractivity contribution in [2.75, 3.05) is 0 Å². The summed E-state index contributed by atoms with van der Waals surface area (Å²) in [5.41, 5.74) is 0.562. The molecule has 1 aromatic heterocycles. The summed E-state index contributed by atoms with van der Waals surface area (Å²) in [6, 6.07) is 6.89. The van der Waals surface area contributed by atoms with Gasteiger partial charge in [0.25, 0.3) is 0 Å². The molecule has 0 aliphatic carbocycles. The third-order valence-electron chi connectivity index (χ3n) is 2.47. The normalized spacial score (nSPS) is 11.1. The molecule has 0 aliphatic rings. The van der Waals surface area contributed by atoms with E-state index in [0.29, 0.717) is 16.6 Å². The molecular weight excluding hydrogens is 244 g/mol. The highest BCUT2D eigenvalue weighted by Crippen LogP contribution is 2.27. The predicted octanol–water partition coefficient (Wildman–Crippen LogP) is 3.39. The van der Waals surface area contributed by atoms with Crippen molar-refractivity contribution in [3.8, 4) is 0 Å². The Morgan fingerprint density at radius 2 is 2.05 bits per heavy atom. The lowest BCUT2D eigenvalue weighted by Crippen LogP contribution is -2.26. The Balaban J connectivity index is 2.49. The van der Waals surface area contributed by atoms with Crippen LogP contribution >= 0.6 is 0 Å². The highest BCUT2D eigenvalue weighted by molar-refractivity contribution is 5.96. The molecule has 1 heterocycles. The Labute approximate surface area is 110 Å². The first-order valence-corrected chi connectivity index (χ1v) is 5.84. The minimum absolute atomic E-state index is 0.463. The summed E-state index contributed by atoms with van der Waals surface area (Å²) in [5.74, 6) is 0. The monoisotopic (exact) mass is 258 g/mol. The molecule has 0 saturated carbocycles. The molecule has 0 fully saturated rings.